The van der Waals surface area contributed by atoms with Crippen LogP contribution in [0, 0.1) is 0 Å². The molecule has 1 amide bonds. The van der Waals surface area contributed by atoms with E-state index in [2.05, 4.69) is 29.2 Å². The molecule has 0 radical (unpaired) electrons. The predicted octanol–water partition coefficient (Wildman–Crippen LogP) is 1.08. The summed E-state index contributed by atoms with van der Waals surface area (Å²) in [5.41, 5.74) is 5.92. The van der Waals surface area contributed by atoms with Gasteiger partial charge in [-0.25, -0.2) is 4.98 Å². The van der Waals surface area contributed by atoms with Gasteiger partial charge in [0.2, 0.25) is 0 Å². The second-order valence-electron chi connectivity index (χ2n) is 5.76. The number of nitrogens with one attached hydrogen (secondary N) is 1. The van der Waals surface area contributed by atoms with E-state index in [4.69, 9.17) is 5.73 Å². The first-order valence-corrected chi connectivity index (χ1v) is 7.88. The van der Waals surface area contributed by atoms with Gasteiger partial charge in [-0.15, -0.1) is 0 Å². The number of nitrogens with two attached hydrogens (primary N) is 1. The van der Waals surface area contributed by atoms with E-state index in [1.807, 2.05) is 4.90 Å². The van der Waals surface area contributed by atoms with Crippen LogP contribution in [0.25, 0.3) is 0 Å². The highest BCUT2D eigenvalue weighted by molar-refractivity contribution is 7.18. The first-order chi connectivity index (χ1) is 9.54. The Morgan fingerprint density at radius 1 is 1.45 bits per heavy atom. The van der Waals surface area contributed by atoms with Crippen LogP contribution in [0.2, 0.25) is 0 Å². The molecule has 3 N–H and O–H groups in total. The summed E-state index contributed by atoms with van der Waals surface area (Å²) in [6, 6.07) is 0.730. The van der Waals surface area contributed by atoms with E-state index < -0.39 is 0 Å². The van der Waals surface area contributed by atoms with Gasteiger partial charge in [0.1, 0.15) is 10.7 Å². The highest BCUT2D eigenvalue weighted by Crippen LogP contribution is 2.31. The van der Waals surface area contributed by atoms with E-state index in [0.717, 1.165) is 24.8 Å². The van der Waals surface area contributed by atoms with Crippen molar-refractivity contribution in [2.75, 3.05) is 37.7 Å². The standard InChI is InChI=1S/C13H21N5OS/c1-8-7-17(2)5-6-18(8)12(19)10-11(14)16-13(20-10)15-9-3-4-9/h8-9H,3-7,14H2,1-2H3,(H,15,16). The Bertz CT molecular complexity index is 513. The smallest absolute Gasteiger partial charge is 0.268 e. The van der Waals surface area contributed by atoms with Crippen molar-refractivity contribution in [1.82, 2.24) is 14.8 Å². The SMILES string of the molecule is CC1CN(C)CCN1C(=O)c1sc(NC2CC2)nc1N. The number of hydrogen-bond donors (Lipinski definition) is 2. The maximum atomic E-state index is 12.6. The number of aromatic nitrogens is 1. The van der Waals surface area contributed by atoms with Gasteiger partial charge >= 0.3 is 0 Å². The van der Waals surface area contributed by atoms with Crippen molar-refractivity contribution in [3.63, 3.8) is 0 Å². The van der Waals surface area contributed by atoms with Crippen LogP contribution in [0.5, 0.6) is 0 Å². The van der Waals surface area contributed by atoms with Gasteiger partial charge in [-0.2, -0.15) is 0 Å². The van der Waals surface area contributed by atoms with Crippen molar-refractivity contribution < 1.29 is 4.79 Å². The highest BCUT2D eigenvalue weighted by Gasteiger charge is 2.30. The Morgan fingerprint density at radius 3 is 2.85 bits per heavy atom. The number of rotatable bonds is 3. The second kappa shape index (κ2) is 5.21. The number of amides is 1. The van der Waals surface area contributed by atoms with Gasteiger partial charge in [0.05, 0.1) is 0 Å². The van der Waals surface area contributed by atoms with Gasteiger partial charge in [0.15, 0.2) is 5.13 Å². The second-order valence-corrected chi connectivity index (χ2v) is 6.76. The molecule has 0 spiro atoms. The molecule has 1 unspecified atom stereocenters. The zero-order chi connectivity index (χ0) is 14.3. The molecule has 1 aliphatic carbocycles. The first kappa shape index (κ1) is 13.6. The van der Waals surface area contributed by atoms with Crippen molar-refractivity contribution in [3.05, 3.63) is 4.88 Å². The van der Waals surface area contributed by atoms with Crippen LogP contribution in [-0.2, 0) is 0 Å². The van der Waals surface area contributed by atoms with Gasteiger partial charge in [-0.3, -0.25) is 4.79 Å². The minimum atomic E-state index is 0.0180. The van der Waals surface area contributed by atoms with Gasteiger partial charge in [-0.05, 0) is 26.8 Å². The van der Waals surface area contributed by atoms with Crippen LogP contribution in [0.3, 0.4) is 0 Å². The molecule has 110 valence electrons. The third-order valence-corrected chi connectivity index (χ3v) is 4.83. The van der Waals surface area contributed by atoms with Crippen molar-refractivity contribution in [1.29, 1.82) is 0 Å². The van der Waals surface area contributed by atoms with Crippen LogP contribution in [-0.4, -0.2) is 59.5 Å². The van der Waals surface area contributed by atoms with Crippen LogP contribution < -0.4 is 11.1 Å². The lowest BCUT2D eigenvalue weighted by Crippen LogP contribution is -2.52. The van der Waals surface area contributed by atoms with Crippen LogP contribution in [0.4, 0.5) is 10.9 Å². The number of nitrogen functional groups attached to an aromatic ring is 1. The van der Waals surface area contributed by atoms with E-state index in [1.54, 1.807) is 0 Å². The minimum absolute atomic E-state index is 0.0180. The predicted molar refractivity (Wildman–Crippen MR) is 81.2 cm³/mol. The molecule has 1 saturated carbocycles. The Kier molecular flexibility index (Phi) is 3.55. The van der Waals surface area contributed by atoms with Gasteiger partial charge in [-0.1, -0.05) is 11.3 Å². The third-order valence-electron chi connectivity index (χ3n) is 3.84. The molecule has 0 bridgehead atoms. The highest BCUT2D eigenvalue weighted by atomic mass is 32.1. The Labute approximate surface area is 123 Å². The lowest BCUT2D eigenvalue weighted by atomic mass is 10.2. The van der Waals surface area contributed by atoms with Crippen molar-refractivity contribution in [3.8, 4) is 0 Å². The molecule has 1 atom stereocenters. The average molecular weight is 295 g/mol. The summed E-state index contributed by atoms with van der Waals surface area (Å²) >= 11 is 1.38. The fourth-order valence-electron chi connectivity index (χ4n) is 2.52. The average Bonchev–Trinajstić information content (AvgIpc) is 3.11. The molecule has 2 fully saturated rings. The van der Waals surface area contributed by atoms with Crippen LogP contribution in [0.1, 0.15) is 29.4 Å². The van der Waals surface area contributed by atoms with Crippen molar-refractivity contribution in [2.45, 2.75) is 31.8 Å². The maximum Gasteiger partial charge on any atom is 0.268 e. The summed E-state index contributed by atoms with van der Waals surface area (Å²) in [6.45, 7) is 4.63. The number of piperazine rings is 1. The summed E-state index contributed by atoms with van der Waals surface area (Å²) in [5, 5.41) is 4.07. The van der Waals surface area contributed by atoms with E-state index in [1.165, 1.54) is 24.2 Å². The fourth-order valence-corrected chi connectivity index (χ4v) is 3.44. The molecule has 20 heavy (non-hydrogen) atoms. The largest absolute Gasteiger partial charge is 0.382 e. The third kappa shape index (κ3) is 2.73. The molecule has 1 aromatic rings. The summed E-state index contributed by atoms with van der Waals surface area (Å²) in [4.78, 5) is 21.6. The Balaban J connectivity index is 1.74. The zero-order valence-electron chi connectivity index (χ0n) is 11.9. The normalized spacial score (nSPS) is 23.9. The van der Waals surface area contributed by atoms with Gasteiger partial charge < -0.3 is 20.9 Å². The molecular formula is C13H21N5OS. The number of thiazole rings is 1. The summed E-state index contributed by atoms with van der Waals surface area (Å²) in [6.07, 6.45) is 2.36. The minimum Gasteiger partial charge on any atom is -0.382 e. The van der Waals surface area contributed by atoms with Gasteiger partial charge in [0.25, 0.3) is 5.91 Å². The Hall–Kier alpha value is -1.34. The lowest BCUT2D eigenvalue weighted by Gasteiger charge is -2.37. The number of carbonyl (C=O) groups is 1. The molecule has 1 aromatic heterocycles. The zero-order valence-corrected chi connectivity index (χ0v) is 12.7. The maximum absolute atomic E-state index is 12.6. The van der Waals surface area contributed by atoms with Crippen LogP contribution >= 0.6 is 11.3 Å². The number of anilines is 2. The fraction of sp³-hybridized carbons (Fsp3) is 0.692. The molecule has 2 heterocycles. The molecule has 6 nitrogen and oxygen atoms in total. The molecule has 2 aliphatic rings. The molecule has 0 aromatic carbocycles. The van der Waals surface area contributed by atoms with E-state index in [-0.39, 0.29) is 11.9 Å². The quantitative estimate of drug-likeness (QED) is 0.873. The Morgan fingerprint density at radius 2 is 2.20 bits per heavy atom. The number of likely N-dealkylation sites (N-methyl/N-ethyl adjacent to an activating group) is 1. The first-order valence-electron chi connectivity index (χ1n) is 7.07. The molecular weight excluding hydrogens is 274 g/mol. The molecule has 3 rings (SSSR count). The van der Waals surface area contributed by atoms with E-state index in [0.29, 0.717) is 16.7 Å². The van der Waals surface area contributed by atoms with Crippen molar-refractivity contribution >= 4 is 28.2 Å². The summed E-state index contributed by atoms with van der Waals surface area (Å²) in [7, 11) is 2.08. The summed E-state index contributed by atoms with van der Waals surface area (Å²) < 4.78 is 0. The molecule has 1 saturated heterocycles. The number of hydrogen-bond acceptors (Lipinski definition) is 6. The number of carbonyl (C=O) groups excluding carboxylic acids is 1. The summed E-state index contributed by atoms with van der Waals surface area (Å²) in [5.74, 6) is 0.374. The molecule has 1 aliphatic heterocycles. The van der Waals surface area contributed by atoms with E-state index >= 15 is 0 Å². The van der Waals surface area contributed by atoms with E-state index in [9.17, 15) is 4.79 Å². The van der Waals surface area contributed by atoms with Crippen LogP contribution in [0.15, 0.2) is 0 Å². The monoisotopic (exact) mass is 295 g/mol. The van der Waals surface area contributed by atoms with Crippen molar-refractivity contribution in [2.24, 2.45) is 0 Å². The van der Waals surface area contributed by atoms with Gasteiger partial charge in [0, 0.05) is 31.7 Å². The lowest BCUT2D eigenvalue weighted by molar-refractivity contribution is 0.0539. The topological polar surface area (TPSA) is 74.5 Å². The molecule has 7 heteroatoms. The number of nitrogens with zero attached hydrogens (tertiary/aromatic N) is 3.